The monoisotopic (exact) mass is 211 g/mol. The molecule has 2 heterocycles. The van der Waals surface area contributed by atoms with Crippen molar-refractivity contribution in [1.82, 2.24) is 4.98 Å². The van der Waals surface area contributed by atoms with Crippen molar-refractivity contribution in [2.24, 2.45) is 0 Å². The molecule has 1 aromatic heterocycles. The number of aliphatic hydroxyl groups excluding tert-OH is 1. The van der Waals surface area contributed by atoms with Gasteiger partial charge in [-0.1, -0.05) is 0 Å². The molecule has 0 aliphatic carbocycles. The third-order valence-electron chi connectivity index (χ3n) is 2.53. The Morgan fingerprint density at radius 1 is 1.60 bits per heavy atom. The third kappa shape index (κ3) is 2.79. The summed E-state index contributed by atoms with van der Waals surface area (Å²) in [4.78, 5) is 4.32. The van der Waals surface area contributed by atoms with Crippen molar-refractivity contribution < 1.29 is 14.3 Å². The highest BCUT2D eigenvalue weighted by Gasteiger charge is 2.21. The number of ether oxygens (including phenoxy) is 1. The average Bonchev–Trinajstić information content (AvgIpc) is 2.67. The van der Waals surface area contributed by atoms with Gasteiger partial charge in [0, 0.05) is 13.0 Å². The molecular formula is C11H17NO3. The first-order valence-corrected chi connectivity index (χ1v) is 5.49. The van der Waals surface area contributed by atoms with E-state index in [1.165, 1.54) is 6.42 Å². The first-order chi connectivity index (χ1) is 7.25. The van der Waals surface area contributed by atoms with Crippen LogP contribution in [0.4, 0.5) is 0 Å². The smallest absolute Gasteiger partial charge is 0.223 e. The van der Waals surface area contributed by atoms with Crippen LogP contribution in [0.1, 0.15) is 43.9 Å². The van der Waals surface area contributed by atoms with Crippen LogP contribution < -0.4 is 0 Å². The van der Waals surface area contributed by atoms with Gasteiger partial charge in [0.15, 0.2) is 0 Å². The van der Waals surface area contributed by atoms with Gasteiger partial charge >= 0.3 is 0 Å². The SMILES string of the molecule is CC(O)Cc1coc(C2CCCCO2)n1. The van der Waals surface area contributed by atoms with Crippen LogP contribution in [0.2, 0.25) is 0 Å². The predicted octanol–water partition coefficient (Wildman–Crippen LogP) is 1.84. The fourth-order valence-electron chi connectivity index (χ4n) is 1.80. The Morgan fingerprint density at radius 3 is 3.13 bits per heavy atom. The molecule has 0 aromatic carbocycles. The lowest BCUT2D eigenvalue weighted by molar-refractivity contribution is -0.00150. The lowest BCUT2D eigenvalue weighted by atomic mass is 10.1. The van der Waals surface area contributed by atoms with Gasteiger partial charge in [-0.25, -0.2) is 4.98 Å². The molecule has 0 spiro atoms. The highest BCUT2D eigenvalue weighted by molar-refractivity contribution is 5.00. The highest BCUT2D eigenvalue weighted by Crippen LogP contribution is 2.27. The summed E-state index contributed by atoms with van der Waals surface area (Å²) < 4.78 is 10.9. The number of aliphatic hydroxyl groups is 1. The molecule has 1 aromatic rings. The molecule has 1 aliphatic rings. The number of oxazole rings is 1. The van der Waals surface area contributed by atoms with Crippen molar-refractivity contribution in [2.45, 2.75) is 44.8 Å². The standard InChI is InChI=1S/C11H17NO3/c1-8(13)6-9-7-15-11(12-9)10-4-2-3-5-14-10/h7-8,10,13H,2-6H2,1H3. The number of nitrogens with zero attached hydrogens (tertiary/aromatic N) is 1. The Kier molecular flexibility index (Phi) is 3.38. The topological polar surface area (TPSA) is 55.5 Å². The zero-order valence-corrected chi connectivity index (χ0v) is 8.98. The molecule has 1 N–H and O–H groups in total. The Bertz CT molecular complexity index is 303. The zero-order chi connectivity index (χ0) is 10.7. The molecule has 15 heavy (non-hydrogen) atoms. The second-order valence-corrected chi connectivity index (χ2v) is 4.09. The largest absolute Gasteiger partial charge is 0.446 e. The maximum atomic E-state index is 9.21. The van der Waals surface area contributed by atoms with E-state index in [1.807, 2.05) is 0 Å². The predicted molar refractivity (Wildman–Crippen MR) is 54.4 cm³/mol. The first kappa shape index (κ1) is 10.6. The van der Waals surface area contributed by atoms with Gasteiger partial charge in [-0.05, 0) is 26.2 Å². The minimum Gasteiger partial charge on any atom is -0.446 e. The Morgan fingerprint density at radius 2 is 2.47 bits per heavy atom. The number of hydrogen-bond donors (Lipinski definition) is 1. The van der Waals surface area contributed by atoms with Crippen molar-refractivity contribution in [3.05, 3.63) is 17.8 Å². The second kappa shape index (κ2) is 4.77. The summed E-state index contributed by atoms with van der Waals surface area (Å²) in [6.07, 6.45) is 5.05. The first-order valence-electron chi connectivity index (χ1n) is 5.49. The van der Waals surface area contributed by atoms with Crippen LogP contribution in [-0.4, -0.2) is 22.8 Å². The van der Waals surface area contributed by atoms with Crippen molar-refractivity contribution in [3.63, 3.8) is 0 Å². The van der Waals surface area contributed by atoms with E-state index in [0.29, 0.717) is 12.3 Å². The van der Waals surface area contributed by atoms with Gasteiger partial charge < -0.3 is 14.3 Å². The zero-order valence-electron chi connectivity index (χ0n) is 8.98. The summed E-state index contributed by atoms with van der Waals surface area (Å²) >= 11 is 0. The Balaban J connectivity index is 1.99. The molecule has 0 amide bonds. The van der Waals surface area contributed by atoms with Crippen molar-refractivity contribution in [2.75, 3.05) is 6.61 Å². The van der Waals surface area contributed by atoms with E-state index in [-0.39, 0.29) is 12.2 Å². The summed E-state index contributed by atoms with van der Waals surface area (Å²) in [5.41, 5.74) is 0.800. The molecule has 4 nitrogen and oxygen atoms in total. The molecule has 2 rings (SSSR count). The van der Waals surface area contributed by atoms with Crippen molar-refractivity contribution in [1.29, 1.82) is 0 Å². The summed E-state index contributed by atoms with van der Waals surface area (Å²) in [7, 11) is 0. The van der Waals surface area contributed by atoms with Crippen LogP contribution in [0.25, 0.3) is 0 Å². The molecule has 84 valence electrons. The molecule has 0 radical (unpaired) electrons. The van der Waals surface area contributed by atoms with E-state index in [4.69, 9.17) is 9.15 Å². The Hall–Kier alpha value is -0.870. The number of hydrogen-bond acceptors (Lipinski definition) is 4. The van der Waals surface area contributed by atoms with E-state index in [2.05, 4.69) is 4.98 Å². The van der Waals surface area contributed by atoms with Gasteiger partial charge in [-0.3, -0.25) is 0 Å². The quantitative estimate of drug-likeness (QED) is 0.828. The molecular weight excluding hydrogens is 194 g/mol. The van der Waals surface area contributed by atoms with Gasteiger partial charge in [0.2, 0.25) is 5.89 Å². The molecule has 1 fully saturated rings. The van der Waals surface area contributed by atoms with E-state index < -0.39 is 0 Å². The highest BCUT2D eigenvalue weighted by atomic mass is 16.5. The van der Waals surface area contributed by atoms with Gasteiger partial charge in [0.1, 0.15) is 12.4 Å². The summed E-state index contributed by atoms with van der Waals surface area (Å²) in [6, 6.07) is 0. The van der Waals surface area contributed by atoms with E-state index in [1.54, 1.807) is 13.2 Å². The minimum atomic E-state index is -0.379. The average molecular weight is 211 g/mol. The molecule has 0 bridgehead atoms. The molecule has 1 saturated heterocycles. The molecule has 0 saturated carbocycles. The van der Waals surface area contributed by atoms with Crippen molar-refractivity contribution >= 4 is 0 Å². The minimum absolute atomic E-state index is 0.0153. The molecule has 1 aliphatic heterocycles. The van der Waals surface area contributed by atoms with Gasteiger partial charge in [0.25, 0.3) is 0 Å². The normalized spacial score (nSPS) is 24.0. The van der Waals surface area contributed by atoms with Crippen LogP contribution >= 0.6 is 0 Å². The van der Waals surface area contributed by atoms with Gasteiger partial charge in [0.05, 0.1) is 11.8 Å². The summed E-state index contributed by atoms with van der Waals surface area (Å²) in [5.74, 6) is 0.658. The van der Waals surface area contributed by atoms with Crippen LogP contribution in [0.3, 0.4) is 0 Å². The van der Waals surface area contributed by atoms with Crippen molar-refractivity contribution in [3.8, 4) is 0 Å². The van der Waals surface area contributed by atoms with Crippen LogP contribution in [-0.2, 0) is 11.2 Å². The summed E-state index contributed by atoms with van der Waals surface area (Å²) in [5, 5.41) is 9.21. The lowest BCUT2D eigenvalue weighted by Gasteiger charge is -2.19. The van der Waals surface area contributed by atoms with E-state index in [9.17, 15) is 5.11 Å². The van der Waals surface area contributed by atoms with E-state index in [0.717, 1.165) is 25.1 Å². The van der Waals surface area contributed by atoms with Crippen LogP contribution in [0, 0.1) is 0 Å². The van der Waals surface area contributed by atoms with Crippen LogP contribution in [0.15, 0.2) is 10.7 Å². The summed E-state index contributed by atoms with van der Waals surface area (Å²) in [6.45, 7) is 2.53. The third-order valence-corrected chi connectivity index (χ3v) is 2.53. The van der Waals surface area contributed by atoms with E-state index >= 15 is 0 Å². The molecule has 2 unspecified atom stereocenters. The fraction of sp³-hybridized carbons (Fsp3) is 0.727. The number of rotatable bonds is 3. The van der Waals surface area contributed by atoms with Gasteiger partial charge in [-0.15, -0.1) is 0 Å². The molecule has 4 heteroatoms. The fourth-order valence-corrected chi connectivity index (χ4v) is 1.80. The van der Waals surface area contributed by atoms with Crippen LogP contribution in [0.5, 0.6) is 0 Å². The number of aromatic nitrogens is 1. The lowest BCUT2D eigenvalue weighted by Crippen LogP contribution is -2.12. The maximum Gasteiger partial charge on any atom is 0.223 e. The van der Waals surface area contributed by atoms with Gasteiger partial charge in [-0.2, -0.15) is 0 Å². The molecule has 2 atom stereocenters. The Labute approximate surface area is 89.3 Å². The maximum absolute atomic E-state index is 9.21. The second-order valence-electron chi connectivity index (χ2n) is 4.09.